The van der Waals surface area contributed by atoms with Crippen LogP contribution in [0.3, 0.4) is 0 Å². The second-order valence-electron chi connectivity index (χ2n) is 4.28. The number of amides is 2. The Bertz CT molecular complexity index is 389. The van der Waals surface area contributed by atoms with E-state index >= 15 is 0 Å². The molecule has 17 heavy (non-hydrogen) atoms. The minimum atomic E-state index is -0.0848. The first-order valence-corrected chi connectivity index (χ1v) is 7.22. The monoisotopic (exact) mass is 250 g/mol. The molecule has 0 atom stereocenters. The summed E-state index contributed by atoms with van der Waals surface area (Å²) in [5.41, 5.74) is 0.885. The van der Waals surface area contributed by atoms with Crippen molar-refractivity contribution in [2.45, 2.75) is 36.6 Å². The molecular weight excluding hydrogens is 232 g/mol. The molecule has 0 radical (unpaired) electrons. The zero-order valence-electron chi connectivity index (χ0n) is 10.0. The van der Waals surface area contributed by atoms with Crippen molar-refractivity contribution in [3.8, 4) is 0 Å². The zero-order valence-corrected chi connectivity index (χ0v) is 10.8. The van der Waals surface area contributed by atoms with Gasteiger partial charge in [-0.05, 0) is 31.2 Å². The van der Waals surface area contributed by atoms with Crippen molar-refractivity contribution >= 4 is 23.5 Å². The van der Waals surface area contributed by atoms with Crippen LogP contribution < -0.4 is 10.6 Å². The van der Waals surface area contributed by atoms with Crippen molar-refractivity contribution in [1.29, 1.82) is 0 Å². The van der Waals surface area contributed by atoms with E-state index in [1.807, 2.05) is 30.5 Å². The van der Waals surface area contributed by atoms with Crippen LogP contribution in [0.4, 0.5) is 10.5 Å². The number of hydrogen-bond donors (Lipinski definition) is 2. The van der Waals surface area contributed by atoms with E-state index in [1.165, 1.54) is 12.8 Å². The summed E-state index contributed by atoms with van der Waals surface area (Å²) in [5.74, 6) is 0. The van der Waals surface area contributed by atoms with E-state index in [9.17, 15) is 4.79 Å². The molecule has 92 valence electrons. The van der Waals surface area contributed by atoms with Crippen LogP contribution >= 0.6 is 11.8 Å². The van der Waals surface area contributed by atoms with Gasteiger partial charge in [0.2, 0.25) is 0 Å². The summed E-state index contributed by atoms with van der Waals surface area (Å²) >= 11 is 1.64. The number of nitrogens with one attached hydrogen (secondary N) is 2. The number of carbonyl (C=O) groups is 1. The van der Waals surface area contributed by atoms with Crippen LogP contribution in [-0.4, -0.2) is 18.3 Å². The highest BCUT2D eigenvalue weighted by Crippen LogP contribution is 2.24. The summed E-state index contributed by atoms with van der Waals surface area (Å²) in [5, 5.41) is 5.94. The summed E-state index contributed by atoms with van der Waals surface area (Å²) in [7, 11) is 0. The number of anilines is 1. The first-order valence-electron chi connectivity index (χ1n) is 6.00. The van der Waals surface area contributed by atoms with E-state index in [-0.39, 0.29) is 6.03 Å². The summed E-state index contributed by atoms with van der Waals surface area (Å²) in [6, 6.07) is 8.13. The number of thioether (sulfide) groups is 1. The number of carbonyl (C=O) groups excluding carboxylic acids is 1. The molecule has 0 spiro atoms. The predicted octanol–water partition coefficient (Wildman–Crippen LogP) is 3.47. The average molecular weight is 250 g/mol. The van der Waals surface area contributed by atoms with Gasteiger partial charge in [0.15, 0.2) is 0 Å². The molecule has 2 N–H and O–H groups in total. The van der Waals surface area contributed by atoms with Gasteiger partial charge in [-0.2, -0.15) is 0 Å². The molecule has 0 aromatic heterocycles. The average Bonchev–Trinajstić information content (AvgIpc) is 2.82. The van der Waals surface area contributed by atoms with Crippen molar-refractivity contribution in [3.63, 3.8) is 0 Å². The van der Waals surface area contributed by atoms with E-state index in [2.05, 4.69) is 10.6 Å². The Hall–Kier alpha value is -1.16. The highest BCUT2D eigenvalue weighted by atomic mass is 32.2. The molecule has 1 aromatic carbocycles. The summed E-state index contributed by atoms with van der Waals surface area (Å²) in [6.45, 7) is 0. The topological polar surface area (TPSA) is 41.1 Å². The van der Waals surface area contributed by atoms with Gasteiger partial charge in [-0.1, -0.05) is 25.0 Å². The van der Waals surface area contributed by atoms with Gasteiger partial charge in [0, 0.05) is 10.9 Å². The Kier molecular flexibility index (Phi) is 4.31. The maximum Gasteiger partial charge on any atom is 0.319 e. The second-order valence-corrected chi connectivity index (χ2v) is 5.13. The van der Waals surface area contributed by atoms with Crippen molar-refractivity contribution in [2.75, 3.05) is 11.6 Å². The first kappa shape index (κ1) is 12.3. The lowest BCUT2D eigenvalue weighted by atomic mass is 10.2. The zero-order chi connectivity index (χ0) is 12.1. The summed E-state index contributed by atoms with van der Waals surface area (Å²) in [6.07, 6.45) is 6.68. The van der Waals surface area contributed by atoms with Gasteiger partial charge >= 0.3 is 6.03 Å². The van der Waals surface area contributed by atoms with Gasteiger partial charge in [0.1, 0.15) is 0 Å². The molecule has 1 aliphatic rings. The van der Waals surface area contributed by atoms with E-state index in [0.717, 1.165) is 23.4 Å². The smallest absolute Gasteiger partial charge is 0.319 e. The van der Waals surface area contributed by atoms with Gasteiger partial charge in [-0.15, -0.1) is 11.8 Å². The Morgan fingerprint density at radius 1 is 1.29 bits per heavy atom. The van der Waals surface area contributed by atoms with Crippen molar-refractivity contribution in [1.82, 2.24) is 5.32 Å². The maximum atomic E-state index is 11.8. The summed E-state index contributed by atoms with van der Waals surface area (Å²) in [4.78, 5) is 12.9. The third kappa shape index (κ3) is 3.40. The lowest BCUT2D eigenvalue weighted by Crippen LogP contribution is -2.36. The molecule has 1 fully saturated rings. The fourth-order valence-electron chi connectivity index (χ4n) is 2.16. The molecule has 0 unspecified atom stereocenters. The maximum absolute atomic E-state index is 11.8. The van der Waals surface area contributed by atoms with Crippen LogP contribution in [0.5, 0.6) is 0 Å². The first-order chi connectivity index (χ1) is 8.29. The number of urea groups is 1. The second kappa shape index (κ2) is 5.96. The Balaban J connectivity index is 1.92. The van der Waals surface area contributed by atoms with Gasteiger partial charge in [0.05, 0.1) is 5.69 Å². The van der Waals surface area contributed by atoms with Crippen LogP contribution in [0, 0.1) is 0 Å². The van der Waals surface area contributed by atoms with Gasteiger partial charge in [-0.25, -0.2) is 4.79 Å². The predicted molar refractivity (Wildman–Crippen MR) is 72.6 cm³/mol. The number of rotatable bonds is 3. The Morgan fingerprint density at radius 2 is 2.00 bits per heavy atom. The molecule has 3 nitrogen and oxygen atoms in total. The molecule has 1 saturated carbocycles. The molecule has 0 saturated heterocycles. The fraction of sp³-hybridized carbons (Fsp3) is 0.462. The standard InChI is InChI=1S/C13H18N2OS/c1-17-12-9-5-4-8-11(12)15-13(16)14-10-6-2-3-7-10/h4-5,8-10H,2-3,6-7H2,1H3,(H2,14,15,16). The van der Waals surface area contributed by atoms with E-state index < -0.39 is 0 Å². The van der Waals surface area contributed by atoms with E-state index in [4.69, 9.17) is 0 Å². The SMILES string of the molecule is CSc1ccccc1NC(=O)NC1CCCC1. The fourth-order valence-corrected chi connectivity index (χ4v) is 2.72. The molecule has 4 heteroatoms. The van der Waals surface area contributed by atoms with Crippen LogP contribution in [0.25, 0.3) is 0 Å². The molecule has 2 rings (SSSR count). The van der Waals surface area contributed by atoms with Crippen LogP contribution in [-0.2, 0) is 0 Å². The number of benzene rings is 1. The Morgan fingerprint density at radius 3 is 2.71 bits per heavy atom. The lowest BCUT2D eigenvalue weighted by Gasteiger charge is -2.14. The summed E-state index contributed by atoms with van der Waals surface area (Å²) < 4.78 is 0. The van der Waals surface area contributed by atoms with Crippen molar-refractivity contribution < 1.29 is 4.79 Å². The van der Waals surface area contributed by atoms with Crippen molar-refractivity contribution in [3.05, 3.63) is 24.3 Å². The molecule has 1 aliphatic carbocycles. The lowest BCUT2D eigenvalue weighted by molar-refractivity contribution is 0.248. The largest absolute Gasteiger partial charge is 0.335 e. The normalized spacial score (nSPS) is 15.8. The van der Waals surface area contributed by atoms with Crippen LogP contribution in [0.2, 0.25) is 0 Å². The van der Waals surface area contributed by atoms with Gasteiger partial charge < -0.3 is 10.6 Å². The minimum absolute atomic E-state index is 0.0848. The third-order valence-electron chi connectivity index (χ3n) is 3.05. The van der Waals surface area contributed by atoms with E-state index in [0.29, 0.717) is 6.04 Å². The molecule has 0 heterocycles. The van der Waals surface area contributed by atoms with E-state index in [1.54, 1.807) is 11.8 Å². The quantitative estimate of drug-likeness (QED) is 0.806. The number of para-hydroxylation sites is 1. The molecule has 0 aliphatic heterocycles. The minimum Gasteiger partial charge on any atom is -0.335 e. The van der Waals surface area contributed by atoms with Crippen LogP contribution in [0.15, 0.2) is 29.2 Å². The van der Waals surface area contributed by atoms with Crippen molar-refractivity contribution in [2.24, 2.45) is 0 Å². The van der Waals surface area contributed by atoms with Gasteiger partial charge in [-0.3, -0.25) is 0 Å². The molecular formula is C13H18N2OS. The van der Waals surface area contributed by atoms with Gasteiger partial charge in [0.25, 0.3) is 0 Å². The third-order valence-corrected chi connectivity index (χ3v) is 3.84. The highest BCUT2D eigenvalue weighted by molar-refractivity contribution is 7.98. The number of hydrogen-bond acceptors (Lipinski definition) is 2. The highest BCUT2D eigenvalue weighted by Gasteiger charge is 2.17. The Labute approximate surface area is 106 Å². The molecule has 2 amide bonds. The molecule has 0 bridgehead atoms. The van der Waals surface area contributed by atoms with Crippen LogP contribution in [0.1, 0.15) is 25.7 Å². The molecule has 1 aromatic rings.